The first-order chi connectivity index (χ1) is 11.7. The Morgan fingerprint density at radius 3 is 2.46 bits per heavy atom. The fourth-order valence-electron chi connectivity index (χ4n) is 3.61. The van der Waals surface area contributed by atoms with E-state index in [1.165, 1.54) is 50.5 Å². The van der Waals surface area contributed by atoms with Crippen LogP contribution in [0.1, 0.15) is 50.5 Å². The summed E-state index contributed by atoms with van der Waals surface area (Å²) >= 11 is 0. The molecule has 2 aliphatic carbocycles. The summed E-state index contributed by atoms with van der Waals surface area (Å²) in [5, 5.41) is 6.34. The van der Waals surface area contributed by atoms with Crippen LogP contribution in [0.25, 0.3) is 0 Å². The van der Waals surface area contributed by atoms with Crippen molar-refractivity contribution in [2.45, 2.75) is 57.5 Å². The van der Waals surface area contributed by atoms with Crippen LogP contribution in [-0.4, -0.2) is 37.0 Å². The summed E-state index contributed by atoms with van der Waals surface area (Å²) in [5.41, 5.74) is 2.17. The Morgan fingerprint density at radius 2 is 1.77 bits per heavy atom. The molecule has 26 heavy (non-hydrogen) atoms. The Balaban J connectivity index is 0.00000169. The molecule has 4 nitrogen and oxygen atoms in total. The molecule has 0 saturated heterocycles. The lowest BCUT2D eigenvalue weighted by molar-refractivity contribution is -0.115. The topological polar surface area (TPSA) is 44.4 Å². The van der Waals surface area contributed by atoms with Crippen LogP contribution in [0.2, 0.25) is 0 Å². The van der Waals surface area contributed by atoms with Crippen LogP contribution in [0.15, 0.2) is 24.3 Å². The molecule has 0 aromatic heterocycles. The number of para-hydroxylation sites is 1. The van der Waals surface area contributed by atoms with Gasteiger partial charge < -0.3 is 10.6 Å². The molecule has 6 heteroatoms. The Bertz CT molecular complexity index is 546. The van der Waals surface area contributed by atoms with Crippen LogP contribution in [0.4, 0.5) is 5.69 Å². The second kappa shape index (κ2) is 11.8. The first-order valence-corrected chi connectivity index (χ1v) is 9.51. The van der Waals surface area contributed by atoms with Gasteiger partial charge in [-0.25, -0.2) is 0 Å². The molecule has 1 aromatic carbocycles. The van der Waals surface area contributed by atoms with Crippen molar-refractivity contribution in [1.29, 1.82) is 0 Å². The van der Waals surface area contributed by atoms with E-state index in [-0.39, 0.29) is 30.7 Å². The minimum absolute atomic E-state index is 0. The number of amides is 1. The number of nitrogens with one attached hydrogen (secondary N) is 2. The zero-order valence-corrected chi connectivity index (χ0v) is 17.3. The van der Waals surface area contributed by atoms with Crippen molar-refractivity contribution < 1.29 is 4.79 Å². The van der Waals surface area contributed by atoms with E-state index in [0.717, 1.165) is 24.7 Å². The van der Waals surface area contributed by atoms with Crippen molar-refractivity contribution in [1.82, 2.24) is 10.2 Å². The average molecular weight is 402 g/mol. The Morgan fingerprint density at radius 1 is 1.08 bits per heavy atom. The number of carbonyl (C=O) groups excluding carboxylic acids is 1. The van der Waals surface area contributed by atoms with E-state index in [1.807, 2.05) is 12.1 Å². The van der Waals surface area contributed by atoms with Crippen LogP contribution in [0.5, 0.6) is 0 Å². The first-order valence-electron chi connectivity index (χ1n) is 9.51. The molecule has 2 N–H and O–H groups in total. The van der Waals surface area contributed by atoms with Crippen molar-refractivity contribution in [3.05, 3.63) is 29.8 Å². The average Bonchev–Trinajstić information content (AvgIpc) is 3.42. The lowest BCUT2D eigenvalue weighted by atomic mass is 9.94. The van der Waals surface area contributed by atoms with Crippen LogP contribution in [0.3, 0.4) is 0 Å². The highest BCUT2D eigenvalue weighted by atomic mass is 35.5. The van der Waals surface area contributed by atoms with Crippen LogP contribution < -0.4 is 10.6 Å². The van der Waals surface area contributed by atoms with Gasteiger partial charge in [0, 0.05) is 18.3 Å². The zero-order valence-electron chi connectivity index (χ0n) is 15.7. The van der Waals surface area contributed by atoms with E-state index >= 15 is 0 Å². The molecule has 0 bridgehead atoms. The number of carbonyl (C=O) groups is 1. The Kier molecular flexibility index (Phi) is 10.6. The van der Waals surface area contributed by atoms with E-state index in [4.69, 9.17) is 0 Å². The van der Waals surface area contributed by atoms with Crippen molar-refractivity contribution in [2.24, 2.45) is 5.92 Å². The molecular formula is C20H33Cl2N3O. The molecule has 1 aromatic rings. The molecule has 0 atom stereocenters. The summed E-state index contributed by atoms with van der Waals surface area (Å²) in [6.45, 7) is 2.28. The Hall–Kier alpha value is -0.810. The monoisotopic (exact) mass is 401 g/mol. The standard InChI is InChI=1S/C20H31N3O.2ClH/c1-23(18-8-3-2-4-9-18)15-17-7-5-6-10-19(17)22-20(24)14-21-13-16-11-12-16;;/h5-7,10,16,18,21H,2-4,8-9,11-15H2,1H3,(H,22,24);2*1H. The van der Waals surface area contributed by atoms with Gasteiger partial charge in [-0.2, -0.15) is 0 Å². The maximum absolute atomic E-state index is 12.2. The summed E-state index contributed by atoms with van der Waals surface area (Å²) in [6, 6.07) is 8.89. The summed E-state index contributed by atoms with van der Waals surface area (Å²) in [5.74, 6) is 0.859. The third-order valence-corrected chi connectivity index (χ3v) is 5.32. The summed E-state index contributed by atoms with van der Waals surface area (Å²) in [7, 11) is 2.21. The molecule has 148 valence electrons. The van der Waals surface area contributed by atoms with Gasteiger partial charge in [0.05, 0.1) is 6.54 Å². The number of nitrogens with zero attached hydrogens (tertiary/aromatic N) is 1. The van der Waals surface area contributed by atoms with Gasteiger partial charge in [0.1, 0.15) is 0 Å². The van der Waals surface area contributed by atoms with Gasteiger partial charge in [-0.15, -0.1) is 24.8 Å². The molecule has 1 amide bonds. The van der Waals surface area contributed by atoms with Gasteiger partial charge in [-0.1, -0.05) is 37.5 Å². The molecule has 2 fully saturated rings. The van der Waals surface area contributed by atoms with E-state index in [9.17, 15) is 4.79 Å². The van der Waals surface area contributed by atoms with Gasteiger partial charge in [0.2, 0.25) is 5.91 Å². The van der Waals surface area contributed by atoms with Crippen LogP contribution in [0, 0.1) is 5.92 Å². The second-order valence-electron chi connectivity index (χ2n) is 7.49. The van der Waals surface area contributed by atoms with Crippen LogP contribution in [-0.2, 0) is 11.3 Å². The third-order valence-electron chi connectivity index (χ3n) is 5.32. The molecule has 3 rings (SSSR count). The fourth-order valence-corrected chi connectivity index (χ4v) is 3.61. The van der Waals surface area contributed by atoms with Crippen molar-refractivity contribution in [3.8, 4) is 0 Å². The lowest BCUT2D eigenvalue weighted by Gasteiger charge is -2.31. The number of anilines is 1. The number of hydrogen-bond acceptors (Lipinski definition) is 3. The fraction of sp³-hybridized carbons (Fsp3) is 0.650. The number of halogens is 2. The predicted octanol–water partition coefficient (Wildman–Crippen LogP) is 4.23. The summed E-state index contributed by atoms with van der Waals surface area (Å²) < 4.78 is 0. The molecule has 2 saturated carbocycles. The van der Waals surface area contributed by atoms with E-state index in [2.05, 4.69) is 34.7 Å². The number of hydrogen-bond donors (Lipinski definition) is 2. The highest BCUT2D eigenvalue weighted by Gasteiger charge is 2.21. The van der Waals surface area contributed by atoms with Gasteiger partial charge in [-0.05, 0) is 56.8 Å². The quantitative estimate of drug-likeness (QED) is 0.684. The molecule has 2 aliphatic rings. The zero-order chi connectivity index (χ0) is 16.8. The highest BCUT2D eigenvalue weighted by molar-refractivity contribution is 5.93. The minimum Gasteiger partial charge on any atom is -0.325 e. The minimum atomic E-state index is 0. The smallest absolute Gasteiger partial charge is 0.238 e. The number of rotatable bonds is 8. The molecule has 0 heterocycles. The molecule has 0 radical (unpaired) electrons. The largest absolute Gasteiger partial charge is 0.325 e. The maximum atomic E-state index is 12.2. The summed E-state index contributed by atoms with van der Waals surface area (Å²) in [4.78, 5) is 14.6. The van der Waals surface area contributed by atoms with E-state index in [1.54, 1.807) is 0 Å². The molecule has 0 spiro atoms. The molecular weight excluding hydrogens is 369 g/mol. The molecule has 0 unspecified atom stereocenters. The van der Waals surface area contributed by atoms with Gasteiger partial charge in [0.25, 0.3) is 0 Å². The lowest BCUT2D eigenvalue weighted by Crippen LogP contribution is -2.33. The Labute approximate surface area is 170 Å². The SMILES string of the molecule is CN(Cc1ccccc1NC(=O)CNCC1CC1)C1CCCCC1.Cl.Cl. The van der Waals surface area contributed by atoms with E-state index < -0.39 is 0 Å². The predicted molar refractivity (Wildman–Crippen MR) is 114 cm³/mol. The van der Waals surface area contributed by atoms with Gasteiger partial charge in [0.15, 0.2) is 0 Å². The van der Waals surface area contributed by atoms with Crippen molar-refractivity contribution >= 4 is 36.4 Å². The second-order valence-corrected chi connectivity index (χ2v) is 7.49. The van der Waals surface area contributed by atoms with Gasteiger partial charge in [-0.3, -0.25) is 9.69 Å². The third kappa shape index (κ3) is 7.43. The first kappa shape index (κ1) is 23.2. The van der Waals surface area contributed by atoms with E-state index in [0.29, 0.717) is 12.6 Å². The maximum Gasteiger partial charge on any atom is 0.238 e. The summed E-state index contributed by atoms with van der Waals surface area (Å²) in [6.07, 6.45) is 9.30. The van der Waals surface area contributed by atoms with Crippen molar-refractivity contribution in [2.75, 3.05) is 25.5 Å². The highest BCUT2D eigenvalue weighted by Crippen LogP contribution is 2.27. The van der Waals surface area contributed by atoms with Crippen molar-refractivity contribution in [3.63, 3.8) is 0 Å². The normalized spacial score (nSPS) is 17.3. The van der Waals surface area contributed by atoms with Gasteiger partial charge >= 0.3 is 0 Å². The van der Waals surface area contributed by atoms with Crippen LogP contribution >= 0.6 is 24.8 Å². The number of benzene rings is 1. The molecule has 0 aliphatic heterocycles.